The lowest BCUT2D eigenvalue weighted by molar-refractivity contribution is -0.274. The SMILES string of the molecule is Cn1cc(CN2CC(Cc3ccccc3OC(F)(F)F)C2)n2ncc(C#N)c12. The Balaban J connectivity index is 1.39. The summed E-state index contributed by atoms with van der Waals surface area (Å²) in [5, 5.41) is 13.4. The van der Waals surface area contributed by atoms with Crippen LogP contribution in [0.2, 0.25) is 0 Å². The normalized spacial score (nSPS) is 15.5. The minimum Gasteiger partial charge on any atom is -0.406 e. The first-order valence-electron chi connectivity index (χ1n) is 8.82. The van der Waals surface area contributed by atoms with Gasteiger partial charge < -0.3 is 9.30 Å². The van der Waals surface area contributed by atoms with Gasteiger partial charge >= 0.3 is 6.36 Å². The van der Waals surface area contributed by atoms with Gasteiger partial charge in [-0.05, 0) is 24.0 Å². The van der Waals surface area contributed by atoms with Gasteiger partial charge in [0.1, 0.15) is 17.4 Å². The number of aromatic nitrogens is 3. The van der Waals surface area contributed by atoms with Crippen LogP contribution in [-0.4, -0.2) is 38.5 Å². The Morgan fingerprint density at radius 1 is 1.29 bits per heavy atom. The van der Waals surface area contributed by atoms with E-state index in [1.165, 1.54) is 12.1 Å². The molecule has 1 aliphatic heterocycles. The standard InChI is InChI=1S/C19H18F3N5O/c1-25-11-16(27-18(25)15(7-23)8-24-27)12-26-9-13(10-26)6-14-4-2-3-5-17(14)28-19(20,21)22/h2-5,8,11,13H,6,9-10,12H2,1H3. The lowest BCUT2D eigenvalue weighted by Gasteiger charge is -2.39. The van der Waals surface area contributed by atoms with Crippen molar-refractivity contribution in [3.63, 3.8) is 0 Å². The molecular weight excluding hydrogens is 371 g/mol. The van der Waals surface area contributed by atoms with Gasteiger partial charge in [-0.25, -0.2) is 4.52 Å². The third-order valence-electron chi connectivity index (χ3n) is 4.94. The predicted octanol–water partition coefficient (Wildman–Crippen LogP) is 3.12. The first kappa shape index (κ1) is 18.4. The smallest absolute Gasteiger partial charge is 0.406 e. The van der Waals surface area contributed by atoms with Gasteiger partial charge in [-0.15, -0.1) is 13.2 Å². The van der Waals surface area contributed by atoms with E-state index in [2.05, 4.69) is 20.8 Å². The topological polar surface area (TPSA) is 58.5 Å². The lowest BCUT2D eigenvalue weighted by Crippen LogP contribution is -2.47. The number of aryl methyl sites for hydroxylation is 1. The summed E-state index contributed by atoms with van der Waals surface area (Å²) >= 11 is 0. The minimum atomic E-state index is -4.69. The van der Waals surface area contributed by atoms with E-state index in [4.69, 9.17) is 5.26 Å². The number of hydrogen-bond acceptors (Lipinski definition) is 4. The Morgan fingerprint density at radius 3 is 2.75 bits per heavy atom. The number of para-hydroxylation sites is 1. The Hall–Kier alpha value is -2.99. The van der Waals surface area contributed by atoms with E-state index in [-0.39, 0.29) is 11.7 Å². The number of benzene rings is 1. The van der Waals surface area contributed by atoms with Gasteiger partial charge in [0.25, 0.3) is 0 Å². The van der Waals surface area contributed by atoms with Crippen molar-refractivity contribution in [2.75, 3.05) is 13.1 Å². The van der Waals surface area contributed by atoms with Crippen LogP contribution < -0.4 is 4.74 Å². The van der Waals surface area contributed by atoms with Gasteiger partial charge in [0.05, 0.1) is 11.9 Å². The predicted molar refractivity (Wildman–Crippen MR) is 94.5 cm³/mol. The third-order valence-corrected chi connectivity index (χ3v) is 4.94. The highest BCUT2D eigenvalue weighted by molar-refractivity contribution is 5.56. The highest BCUT2D eigenvalue weighted by atomic mass is 19.4. The van der Waals surface area contributed by atoms with E-state index in [0.717, 1.165) is 24.4 Å². The van der Waals surface area contributed by atoms with Crippen LogP contribution in [0, 0.1) is 17.2 Å². The van der Waals surface area contributed by atoms with Crippen molar-refractivity contribution in [3.05, 3.63) is 53.5 Å². The van der Waals surface area contributed by atoms with Crippen molar-refractivity contribution in [2.24, 2.45) is 13.0 Å². The van der Waals surface area contributed by atoms with E-state index >= 15 is 0 Å². The Kier molecular flexibility index (Phi) is 4.51. The number of halogens is 3. The number of nitriles is 1. The average Bonchev–Trinajstić information content (AvgIpc) is 3.15. The maximum absolute atomic E-state index is 12.6. The van der Waals surface area contributed by atoms with Crippen molar-refractivity contribution in [3.8, 4) is 11.8 Å². The molecule has 0 atom stereocenters. The monoisotopic (exact) mass is 389 g/mol. The van der Waals surface area contributed by atoms with Crippen LogP contribution in [0.3, 0.4) is 0 Å². The van der Waals surface area contributed by atoms with E-state index < -0.39 is 6.36 Å². The molecule has 28 heavy (non-hydrogen) atoms. The molecule has 1 saturated heterocycles. The summed E-state index contributed by atoms with van der Waals surface area (Å²) in [5.41, 5.74) is 2.82. The Bertz CT molecular complexity index is 1040. The van der Waals surface area contributed by atoms with Crippen LogP contribution >= 0.6 is 0 Å². The van der Waals surface area contributed by atoms with Crippen LogP contribution in [0.25, 0.3) is 5.65 Å². The van der Waals surface area contributed by atoms with Gasteiger partial charge in [0.2, 0.25) is 0 Å². The van der Waals surface area contributed by atoms with Crippen molar-refractivity contribution < 1.29 is 17.9 Å². The van der Waals surface area contributed by atoms with Crippen LogP contribution in [-0.2, 0) is 20.0 Å². The minimum absolute atomic E-state index is 0.126. The van der Waals surface area contributed by atoms with E-state index in [1.54, 1.807) is 22.8 Å². The molecule has 0 radical (unpaired) electrons. The highest BCUT2D eigenvalue weighted by Gasteiger charge is 2.33. The Morgan fingerprint density at radius 2 is 2.04 bits per heavy atom. The van der Waals surface area contributed by atoms with Gasteiger partial charge in [-0.3, -0.25) is 4.90 Å². The number of imidazole rings is 1. The van der Waals surface area contributed by atoms with Crippen LogP contribution in [0.4, 0.5) is 13.2 Å². The molecule has 1 fully saturated rings. The molecule has 0 unspecified atom stereocenters. The van der Waals surface area contributed by atoms with Gasteiger partial charge in [-0.2, -0.15) is 10.4 Å². The number of likely N-dealkylation sites (tertiary alicyclic amines) is 1. The summed E-state index contributed by atoms with van der Waals surface area (Å²) in [6.45, 7) is 2.23. The van der Waals surface area contributed by atoms with Crippen LogP contribution in [0.5, 0.6) is 5.75 Å². The molecule has 0 spiro atoms. The molecule has 9 heteroatoms. The molecule has 2 aromatic heterocycles. The lowest BCUT2D eigenvalue weighted by atomic mass is 9.91. The van der Waals surface area contributed by atoms with E-state index in [9.17, 15) is 13.2 Å². The molecule has 6 nitrogen and oxygen atoms in total. The summed E-state index contributed by atoms with van der Waals surface area (Å²) < 4.78 is 45.4. The van der Waals surface area contributed by atoms with Gasteiger partial charge in [0.15, 0.2) is 5.65 Å². The molecule has 0 saturated carbocycles. The van der Waals surface area contributed by atoms with Crippen molar-refractivity contribution in [2.45, 2.75) is 19.3 Å². The second-order valence-electron chi connectivity index (χ2n) is 7.06. The molecule has 0 amide bonds. The molecule has 0 N–H and O–H groups in total. The molecule has 1 aromatic carbocycles. The average molecular weight is 389 g/mol. The number of nitrogens with zero attached hydrogens (tertiary/aromatic N) is 5. The summed E-state index contributed by atoms with van der Waals surface area (Å²) in [6, 6.07) is 8.42. The maximum Gasteiger partial charge on any atom is 0.573 e. The zero-order valence-corrected chi connectivity index (χ0v) is 15.1. The zero-order chi connectivity index (χ0) is 19.9. The first-order valence-corrected chi connectivity index (χ1v) is 8.82. The number of ether oxygens (including phenoxy) is 1. The van der Waals surface area contributed by atoms with Crippen molar-refractivity contribution in [1.29, 1.82) is 5.26 Å². The highest BCUT2D eigenvalue weighted by Crippen LogP contribution is 2.30. The molecule has 0 aliphatic carbocycles. The van der Waals surface area contributed by atoms with Crippen molar-refractivity contribution in [1.82, 2.24) is 19.1 Å². The third kappa shape index (κ3) is 3.55. The first-order chi connectivity index (χ1) is 13.3. The molecule has 146 valence electrons. The second-order valence-corrected chi connectivity index (χ2v) is 7.06. The Labute approximate surface area is 159 Å². The van der Waals surface area contributed by atoms with Crippen LogP contribution in [0.1, 0.15) is 16.8 Å². The van der Waals surface area contributed by atoms with Crippen LogP contribution in [0.15, 0.2) is 36.7 Å². The fourth-order valence-electron chi connectivity index (χ4n) is 3.79. The molecule has 3 aromatic rings. The number of rotatable bonds is 5. The van der Waals surface area contributed by atoms with E-state index in [1.807, 2.05) is 17.8 Å². The zero-order valence-electron chi connectivity index (χ0n) is 15.1. The largest absolute Gasteiger partial charge is 0.573 e. The summed E-state index contributed by atoms with van der Waals surface area (Å²) in [5.74, 6) is 0.142. The number of hydrogen-bond donors (Lipinski definition) is 0. The quantitative estimate of drug-likeness (QED) is 0.673. The molecule has 3 heterocycles. The fourth-order valence-corrected chi connectivity index (χ4v) is 3.79. The molecule has 1 aliphatic rings. The number of alkyl halides is 3. The van der Waals surface area contributed by atoms with Gasteiger partial charge in [-0.1, -0.05) is 18.2 Å². The second kappa shape index (κ2) is 6.87. The molecular formula is C19H18F3N5O. The number of fused-ring (bicyclic) bond motifs is 1. The van der Waals surface area contributed by atoms with Gasteiger partial charge in [0, 0.05) is 32.9 Å². The van der Waals surface area contributed by atoms with E-state index in [0.29, 0.717) is 24.1 Å². The maximum atomic E-state index is 12.6. The summed E-state index contributed by atoms with van der Waals surface area (Å²) in [7, 11) is 1.87. The molecule has 4 rings (SSSR count). The fraction of sp³-hybridized carbons (Fsp3) is 0.368. The summed E-state index contributed by atoms with van der Waals surface area (Å²) in [6.07, 6.45) is -0.655. The summed E-state index contributed by atoms with van der Waals surface area (Å²) in [4.78, 5) is 2.21. The molecule has 0 bridgehead atoms. The van der Waals surface area contributed by atoms with Crippen molar-refractivity contribution >= 4 is 5.65 Å².